The molecule has 0 N–H and O–H groups in total. The van der Waals surface area contributed by atoms with Crippen LogP contribution in [0.5, 0.6) is 0 Å². The van der Waals surface area contributed by atoms with Gasteiger partial charge in [0.25, 0.3) is 5.56 Å². The van der Waals surface area contributed by atoms with Crippen LogP contribution in [-0.4, -0.2) is 33.2 Å². The van der Waals surface area contributed by atoms with Gasteiger partial charge in [0, 0.05) is 24.2 Å². The van der Waals surface area contributed by atoms with Gasteiger partial charge in [-0.1, -0.05) is 41.6 Å². The van der Waals surface area contributed by atoms with Gasteiger partial charge in [0.15, 0.2) is 5.16 Å². The third-order valence-electron chi connectivity index (χ3n) is 5.04. The number of aromatic nitrogens is 2. The van der Waals surface area contributed by atoms with E-state index in [9.17, 15) is 18.4 Å². The lowest BCUT2D eigenvalue weighted by molar-refractivity contribution is -0.127. The summed E-state index contributed by atoms with van der Waals surface area (Å²) < 4.78 is 28.9. The minimum absolute atomic E-state index is 0.000810. The van der Waals surface area contributed by atoms with Crippen LogP contribution in [0.3, 0.4) is 0 Å². The van der Waals surface area contributed by atoms with E-state index in [0.29, 0.717) is 16.6 Å². The molecule has 0 aliphatic rings. The van der Waals surface area contributed by atoms with E-state index in [0.717, 1.165) is 11.8 Å². The van der Waals surface area contributed by atoms with E-state index in [2.05, 4.69) is 4.98 Å². The summed E-state index contributed by atoms with van der Waals surface area (Å²) in [5.41, 5.74) is 0.823. The first kappa shape index (κ1) is 22.9. The van der Waals surface area contributed by atoms with Crippen LogP contribution in [0, 0.1) is 11.6 Å². The SMILES string of the molecule is CN(Cc1c(F)cccc1Cl)C(=O)CSc1nc2ccccc2c(=O)n1-c1ccc(F)cc1. The molecule has 0 fully saturated rings. The van der Waals surface area contributed by atoms with E-state index in [-0.39, 0.29) is 39.5 Å². The van der Waals surface area contributed by atoms with Gasteiger partial charge in [-0.15, -0.1) is 0 Å². The average Bonchev–Trinajstić information content (AvgIpc) is 2.81. The van der Waals surface area contributed by atoms with E-state index in [1.165, 1.54) is 45.9 Å². The normalized spacial score (nSPS) is 11.0. The Morgan fingerprint density at radius 1 is 1.06 bits per heavy atom. The van der Waals surface area contributed by atoms with E-state index >= 15 is 0 Å². The van der Waals surface area contributed by atoms with Crippen molar-refractivity contribution in [1.29, 1.82) is 0 Å². The molecule has 0 aliphatic heterocycles. The van der Waals surface area contributed by atoms with Gasteiger partial charge in [0.2, 0.25) is 5.91 Å². The number of amides is 1. The van der Waals surface area contributed by atoms with Crippen LogP contribution in [0.4, 0.5) is 8.78 Å². The Balaban J connectivity index is 1.62. The number of rotatable bonds is 6. The molecule has 0 bridgehead atoms. The third-order valence-corrected chi connectivity index (χ3v) is 6.31. The van der Waals surface area contributed by atoms with Crippen molar-refractivity contribution >= 4 is 40.2 Å². The van der Waals surface area contributed by atoms with Crippen LogP contribution in [0.2, 0.25) is 5.02 Å². The monoisotopic (exact) mass is 485 g/mol. The van der Waals surface area contributed by atoms with Gasteiger partial charge in [0.05, 0.1) is 22.3 Å². The molecule has 4 aromatic rings. The Bertz CT molecular complexity index is 1370. The number of para-hydroxylation sites is 1. The molecule has 0 radical (unpaired) electrons. The van der Waals surface area contributed by atoms with Gasteiger partial charge in [-0.25, -0.2) is 13.8 Å². The third kappa shape index (κ3) is 4.91. The molecular formula is C24H18ClF2N3O2S. The first-order chi connectivity index (χ1) is 15.8. The Kier molecular flexibility index (Phi) is 6.76. The zero-order chi connectivity index (χ0) is 23.5. The van der Waals surface area contributed by atoms with Crippen LogP contribution in [0.25, 0.3) is 16.6 Å². The summed E-state index contributed by atoms with van der Waals surface area (Å²) in [4.78, 5) is 31.9. The molecule has 0 saturated carbocycles. The number of hydrogen-bond acceptors (Lipinski definition) is 4. The van der Waals surface area contributed by atoms with Gasteiger partial charge >= 0.3 is 0 Å². The molecule has 9 heteroatoms. The summed E-state index contributed by atoms with van der Waals surface area (Å²) in [5.74, 6) is -1.27. The molecule has 0 unspecified atom stereocenters. The molecule has 0 aliphatic carbocycles. The highest BCUT2D eigenvalue weighted by Gasteiger charge is 2.18. The minimum atomic E-state index is -0.490. The van der Waals surface area contributed by atoms with Crippen molar-refractivity contribution in [2.24, 2.45) is 0 Å². The van der Waals surface area contributed by atoms with Gasteiger partial charge in [-0.3, -0.25) is 14.2 Å². The molecule has 0 atom stereocenters. The van der Waals surface area contributed by atoms with Gasteiger partial charge in [-0.2, -0.15) is 0 Å². The number of carbonyl (C=O) groups is 1. The molecule has 0 spiro atoms. The zero-order valence-electron chi connectivity index (χ0n) is 17.5. The van der Waals surface area contributed by atoms with Gasteiger partial charge < -0.3 is 4.90 Å². The van der Waals surface area contributed by atoms with Crippen LogP contribution in [0.15, 0.2) is 76.7 Å². The van der Waals surface area contributed by atoms with E-state index in [4.69, 9.17) is 11.6 Å². The molecule has 168 valence electrons. The number of benzene rings is 3. The molecular weight excluding hydrogens is 468 g/mol. The minimum Gasteiger partial charge on any atom is -0.341 e. The van der Waals surface area contributed by atoms with Crippen molar-refractivity contribution in [2.75, 3.05) is 12.8 Å². The number of carbonyl (C=O) groups excluding carboxylic acids is 1. The van der Waals surface area contributed by atoms with Crippen molar-refractivity contribution in [3.63, 3.8) is 0 Å². The van der Waals surface area contributed by atoms with Crippen molar-refractivity contribution in [2.45, 2.75) is 11.7 Å². The van der Waals surface area contributed by atoms with Crippen molar-refractivity contribution in [3.8, 4) is 5.69 Å². The predicted molar refractivity (Wildman–Crippen MR) is 126 cm³/mol. The molecule has 3 aromatic carbocycles. The zero-order valence-corrected chi connectivity index (χ0v) is 19.0. The predicted octanol–water partition coefficient (Wildman–Crippen LogP) is 5.07. The second-order valence-electron chi connectivity index (χ2n) is 7.27. The number of fused-ring (bicyclic) bond motifs is 1. The maximum atomic E-state index is 14.1. The Labute approximate surface area is 197 Å². The fourth-order valence-corrected chi connectivity index (χ4v) is 4.45. The molecule has 1 heterocycles. The number of thioether (sulfide) groups is 1. The lowest BCUT2D eigenvalue weighted by Gasteiger charge is -2.19. The quantitative estimate of drug-likeness (QED) is 0.283. The van der Waals surface area contributed by atoms with Crippen molar-refractivity contribution in [1.82, 2.24) is 14.5 Å². The maximum absolute atomic E-state index is 14.1. The first-order valence-electron chi connectivity index (χ1n) is 9.92. The molecule has 4 rings (SSSR count). The Hall–Kier alpha value is -3.23. The molecule has 1 aromatic heterocycles. The number of hydrogen-bond donors (Lipinski definition) is 0. The fraction of sp³-hybridized carbons (Fsp3) is 0.125. The molecule has 5 nitrogen and oxygen atoms in total. The van der Waals surface area contributed by atoms with Crippen LogP contribution in [0.1, 0.15) is 5.56 Å². The highest BCUT2D eigenvalue weighted by Crippen LogP contribution is 2.24. The van der Waals surface area contributed by atoms with E-state index in [1.54, 1.807) is 37.4 Å². The summed E-state index contributed by atoms with van der Waals surface area (Å²) in [6.45, 7) is 0.000810. The Morgan fingerprint density at radius 3 is 2.52 bits per heavy atom. The highest BCUT2D eigenvalue weighted by molar-refractivity contribution is 7.99. The summed E-state index contributed by atoms with van der Waals surface area (Å²) >= 11 is 7.14. The number of nitrogens with zero attached hydrogens (tertiary/aromatic N) is 3. The average molecular weight is 486 g/mol. The van der Waals surface area contributed by atoms with Crippen molar-refractivity contribution in [3.05, 3.63) is 99.3 Å². The molecule has 1 amide bonds. The van der Waals surface area contributed by atoms with Gasteiger partial charge in [-0.05, 0) is 48.5 Å². The van der Waals surface area contributed by atoms with Crippen LogP contribution >= 0.6 is 23.4 Å². The summed E-state index contributed by atoms with van der Waals surface area (Å²) in [7, 11) is 1.55. The molecule has 33 heavy (non-hydrogen) atoms. The second kappa shape index (κ2) is 9.72. The van der Waals surface area contributed by atoms with Gasteiger partial charge in [0.1, 0.15) is 11.6 Å². The van der Waals surface area contributed by atoms with Crippen molar-refractivity contribution < 1.29 is 13.6 Å². The highest BCUT2D eigenvalue weighted by atomic mass is 35.5. The second-order valence-corrected chi connectivity index (χ2v) is 8.62. The summed E-state index contributed by atoms with van der Waals surface area (Å²) in [5, 5.41) is 0.934. The fourth-order valence-electron chi connectivity index (χ4n) is 3.27. The lowest BCUT2D eigenvalue weighted by atomic mass is 10.2. The van der Waals surface area contributed by atoms with E-state index < -0.39 is 11.6 Å². The Morgan fingerprint density at radius 2 is 1.79 bits per heavy atom. The largest absolute Gasteiger partial charge is 0.341 e. The smallest absolute Gasteiger partial charge is 0.266 e. The molecule has 0 saturated heterocycles. The lowest BCUT2D eigenvalue weighted by Crippen LogP contribution is -2.29. The van der Waals surface area contributed by atoms with E-state index in [1.807, 2.05) is 0 Å². The van der Waals surface area contributed by atoms with Crippen LogP contribution < -0.4 is 5.56 Å². The standard InChI is InChI=1S/C24H18ClF2N3O2S/c1-29(13-18-19(25)6-4-7-20(18)27)22(31)14-33-24-28-21-8-3-2-5-17(21)23(32)30(24)16-11-9-15(26)10-12-16/h2-12H,13-14H2,1H3. The maximum Gasteiger partial charge on any atom is 0.266 e. The topological polar surface area (TPSA) is 55.2 Å². The first-order valence-corrected chi connectivity index (χ1v) is 11.3. The van der Waals surface area contributed by atoms with Crippen LogP contribution in [-0.2, 0) is 11.3 Å². The summed E-state index contributed by atoms with van der Waals surface area (Å²) in [6, 6.07) is 16.7. The number of halogens is 3. The summed E-state index contributed by atoms with van der Waals surface area (Å²) in [6.07, 6.45) is 0.